The number of esters is 1. The average Bonchev–Trinajstić information content (AvgIpc) is 3.16. The standard InChI is InChI=1S/C14H8Cl2N2O3S/c15-8-3-1-4-9(16)12(8)14(19)20-7-11-17-13(18-21-11)10-5-2-6-22-10/h1-6H,7H2. The molecule has 3 aromatic rings. The predicted octanol–water partition coefficient (Wildman–Crippen LogP) is 4.46. The van der Waals surface area contributed by atoms with Crippen LogP contribution in [0.4, 0.5) is 0 Å². The van der Waals surface area contributed by atoms with Gasteiger partial charge in [0.05, 0.1) is 20.5 Å². The van der Waals surface area contributed by atoms with Gasteiger partial charge in [-0.25, -0.2) is 4.79 Å². The van der Waals surface area contributed by atoms with Crippen LogP contribution < -0.4 is 0 Å². The number of aromatic nitrogens is 2. The summed E-state index contributed by atoms with van der Waals surface area (Å²) in [5.41, 5.74) is 0.115. The number of benzene rings is 1. The van der Waals surface area contributed by atoms with Crippen LogP contribution >= 0.6 is 34.5 Å². The summed E-state index contributed by atoms with van der Waals surface area (Å²) in [5, 5.41) is 6.18. The Bertz CT molecular complexity index is 782. The number of halogens is 2. The molecule has 0 saturated heterocycles. The fourth-order valence-electron chi connectivity index (χ4n) is 1.71. The summed E-state index contributed by atoms with van der Waals surface area (Å²) in [6.45, 7) is -0.154. The minimum Gasteiger partial charge on any atom is -0.452 e. The number of ether oxygens (including phenoxy) is 1. The van der Waals surface area contributed by atoms with E-state index >= 15 is 0 Å². The van der Waals surface area contributed by atoms with Crippen molar-refractivity contribution in [3.63, 3.8) is 0 Å². The summed E-state index contributed by atoms with van der Waals surface area (Å²) in [6, 6.07) is 8.52. The molecule has 0 aliphatic heterocycles. The molecule has 2 heterocycles. The molecule has 0 spiro atoms. The maximum Gasteiger partial charge on any atom is 0.341 e. The zero-order chi connectivity index (χ0) is 15.5. The van der Waals surface area contributed by atoms with E-state index in [1.54, 1.807) is 18.2 Å². The minimum atomic E-state index is -0.647. The SMILES string of the molecule is O=C(OCc1nc(-c2cccs2)no1)c1c(Cl)cccc1Cl. The van der Waals surface area contributed by atoms with Crippen LogP contribution in [0.3, 0.4) is 0 Å². The van der Waals surface area contributed by atoms with Crippen LogP contribution in [0.15, 0.2) is 40.2 Å². The second-order valence-corrected chi connectivity index (χ2v) is 5.92. The first kappa shape index (κ1) is 15.0. The van der Waals surface area contributed by atoms with Crippen molar-refractivity contribution in [1.82, 2.24) is 10.1 Å². The van der Waals surface area contributed by atoms with Crippen molar-refractivity contribution in [2.75, 3.05) is 0 Å². The molecule has 0 saturated carbocycles. The van der Waals surface area contributed by atoms with E-state index in [9.17, 15) is 4.79 Å². The highest BCUT2D eigenvalue weighted by Crippen LogP contribution is 2.25. The lowest BCUT2D eigenvalue weighted by molar-refractivity contribution is 0.0430. The van der Waals surface area contributed by atoms with Crippen molar-refractivity contribution in [2.24, 2.45) is 0 Å². The Morgan fingerprint density at radius 1 is 1.23 bits per heavy atom. The zero-order valence-electron chi connectivity index (χ0n) is 11.0. The van der Waals surface area contributed by atoms with E-state index < -0.39 is 5.97 Å². The summed E-state index contributed by atoms with van der Waals surface area (Å²) >= 11 is 13.4. The molecular formula is C14H8Cl2N2O3S. The van der Waals surface area contributed by atoms with Gasteiger partial charge >= 0.3 is 5.97 Å². The molecule has 8 heteroatoms. The van der Waals surface area contributed by atoms with E-state index in [4.69, 9.17) is 32.5 Å². The zero-order valence-corrected chi connectivity index (χ0v) is 13.3. The van der Waals surface area contributed by atoms with Gasteiger partial charge in [0, 0.05) is 0 Å². The Kier molecular flexibility index (Phi) is 4.42. The van der Waals surface area contributed by atoms with Crippen molar-refractivity contribution in [3.8, 4) is 10.7 Å². The Labute approximate surface area is 139 Å². The number of hydrogen-bond acceptors (Lipinski definition) is 6. The third kappa shape index (κ3) is 3.14. The van der Waals surface area contributed by atoms with Crippen LogP contribution in [0.5, 0.6) is 0 Å². The third-order valence-electron chi connectivity index (χ3n) is 2.70. The highest BCUT2D eigenvalue weighted by molar-refractivity contribution is 7.13. The van der Waals surface area contributed by atoms with E-state index in [0.717, 1.165) is 4.88 Å². The van der Waals surface area contributed by atoms with Gasteiger partial charge in [-0.15, -0.1) is 11.3 Å². The van der Waals surface area contributed by atoms with E-state index in [1.165, 1.54) is 11.3 Å². The highest BCUT2D eigenvalue weighted by Gasteiger charge is 2.18. The van der Waals surface area contributed by atoms with Crippen LogP contribution in [-0.2, 0) is 11.3 Å². The van der Waals surface area contributed by atoms with Gasteiger partial charge in [-0.2, -0.15) is 4.98 Å². The van der Waals surface area contributed by atoms with Gasteiger partial charge in [-0.05, 0) is 23.6 Å². The molecule has 0 fully saturated rings. The van der Waals surface area contributed by atoms with Crippen molar-refractivity contribution >= 4 is 40.5 Å². The topological polar surface area (TPSA) is 65.2 Å². The number of carbonyl (C=O) groups is 1. The molecule has 0 radical (unpaired) electrons. The lowest BCUT2D eigenvalue weighted by Crippen LogP contribution is -2.07. The average molecular weight is 355 g/mol. The molecule has 0 aliphatic carbocycles. The molecular weight excluding hydrogens is 347 g/mol. The van der Waals surface area contributed by atoms with Gasteiger partial charge < -0.3 is 9.26 Å². The fraction of sp³-hybridized carbons (Fsp3) is 0.0714. The van der Waals surface area contributed by atoms with Gasteiger partial charge in [0.15, 0.2) is 6.61 Å². The van der Waals surface area contributed by atoms with Gasteiger partial charge in [-0.3, -0.25) is 0 Å². The minimum absolute atomic E-state index is 0.115. The Morgan fingerprint density at radius 3 is 2.68 bits per heavy atom. The second-order valence-electron chi connectivity index (χ2n) is 4.16. The number of thiophene rings is 1. The maximum absolute atomic E-state index is 12.0. The van der Waals surface area contributed by atoms with Crippen LogP contribution in [0, 0.1) is 0 Å². The quantitative estimate of drug-likeness (QED) is 0.647. The molecule has 0 amide bonds. The van der Waals surface area contributed by atoms with E-state index in [-0.39, 0.29) is 28.1 Å². The van der Waals surface area contributed by atoms with Crippen molar-refractivity contribution in [3.05, 3.63) is 57.2 Å². The Balaban J connectivity index is 1.69. The monoisotopic (exact) mass is 354 g/mol. The summed E-state index contributed by atoms with van der Waals surface area (Å²) in [6.07, 6.45) is 0. The van der Waals surface area contributed by atoms with E-state index in [1.807, 2.05) is 17.5 Å². The van der Waals surface area contributed by atoms with Crippen molar-refractivity contribution < 1.29 is 14.1 Å². The molecule has 0 aliphatic rings. The smallest absolute Gasteiger partial charge is 0.341 e. The van der Waals surface area contributed by atoms with Crippen LogP contribution in [0.1, 0.15) is 16.2 Å². The molecule has 3 rings (SSSR count). The Hall–Kier alpha value is -1.89. The van der Waals surface area contributed by atoms with E-state index in [0.29, 0.717) is 5.82 Å². The number of nitrogens with zero attached hydrogens (tertiary/aromatic N) is 2. The van der Waals surface area contributed by atoms with Crippen molar-refractivity contribution in [2.45, 2.75) is 6.61 Å². The molecule has 22 heavy (non-hydrogen) atoms. The maximum atomic E-state index is 12.0. The van der Waals surface area contributed by atoms with Gasteiger partial charge in [0.25, 0.3) is 5.89 Å². The summed E-state index contributed by atoms with van der Waals surface area (Å²) in [5.74, 6) is 0.00299. The van der Waals surface area contributed by atoms with Gasteiger partial charge in [-0.1, -0.05) is 40.5 Å². The fourth-order valence-corrected chi connectivity index (χ4v) is 2.91. The number of rotatable bonds is 4. The molecule has 0 bridgehead atoms. The largest absolute Gasteiger partial charge is 0.452 e. The molecule has 112 valence electrons. The molecule has 0 unspecified atom stereocenters. The van der Waals surface area contributed by atoms with Crippen LogP contribution in [-0.4, -0.2) is 16.1 Å². The molecule has 1 aromatic carbocycles. The molecule has 0 N–H and O–H groups in total. The second kappa shape index (κ2) is 6.48. The highest BCUT2D eigenvalue weighted by atomic mass is 35.5. The third-order valence-corrected chi connectivity index (χ3v) is 4.20. The predicted molar refractivity (Wildman–Crippen MR) is 83.2 cm³/mol. The van der Waals surface area contributed by atoms with Crippen molar-refractivity contribution in [1.29, 1.82) is 0 Å². The van der Waals surface area contributed by atoms with Gasteiger partial charge in [0.1, 0.15) is 0 Å². The van der Waals surface area contributed by atoms with Crippen LogP contribution in [0.2, 0.25) is 10.0 Å². The number of carbonyl (C=O) groups excluding carboxylic acids is 1. The molecule has 5 nitrogen and oxygen atoms in total. The normalized spacial score (nSPS) is 10.6. The first-order valence-corrected chi connectivity index (χ1v) is 7.76. The first-order chi connectivity index (χ1) is 10.6. The molecule has 2 aromatic heterocycles. The summed E-state index contributed by atoms with van der Waals surface area (Å²) in [4.78, 5) is 17.0. The van der Waals surface area contributed by atoms with Gasteiger partial charge in [0.2, 0.25) is 5.82 Å². The number of hydrogen-bond donors (Lipinski definition) is 0. The first-order valence-electron chi connectivity index (χ1n) is 6.13. The van der Waals surface area contributed by atoms with Crippen LogP contribution in [0.25, 0.3) is 10.7 Å². The lowest BCUT2D eigenvalue weighted by Gasteiger charge is -2.05. The summed E-state index contributed by atoms with van der Waals surface area (Å²) < 4.78 is 10.1. The lowest BCUT2D eigenvalue weighted by atomic mass is 10.2. The Morgan fingerprint density at radius 2 is 2.00 bits per heavy atom. The molecule has 0 atom stereocenters. The summed E-state index contributed by atoms with van der Waals surface area (Å²) in [7, 11) is 0. The van der Waals surface area contributed by atoms with E-state index in [2.05, 4.69) is 10.1 Å².